The topological polar surface area (TPSA) is 42.4 Å². The highest BCUT2D eigenvalue weighted by molar-refractivity contribution is 7.21. The van der Waals surface area contributed by atoms with Crippen molar-refractivity contribution in [2.24, 2.45) is 5.92 Å². The van der Waals surface area contributed by atoms with E-state index in [0.29, 0.717) is 11.7 Å². The van der Waals surface area contributed by atoms with Crippen LogP contribution in [-0.2, 0) is 6.54 Å². The van der Waals surface area contributed by atoms with Gasteiger partial charge in [-0.05, 0) is 79.1 Å². The van der Waals surface area contributed by atoms with E-state index in [1.54, 1.807) is 19.5 Å². The van der Waals surface area contributed by atoms with Gasteiger partial charge in [0.15, 0.2) is 0 Å². The zero-order valence-corrected chi connectivity index (χ0v) is 22.9. The number of carbonyl (C=O) groups is 1. The Kier molecular flexibility index (Phi) is 7.96. The van der Waals surface area contributed by atoms with Crippen LogP contribution in [0.5, 0.6) is 5.75 Å². The maximum absolute atomic E-state index is 14.6. The second-order valence-corrected chi connectivity index (χ2v) is 11.2. The summed E-state index contributed by atoms with van der Waals surface area (Å²) in [5, 5.41) is -0.0660. The molecule has 0 unspecified atom stereocenters. The van der Waals surface area contributed by atoms with Crippen molar-refractivity contribution in [3.05, 3.63) is 82.0 Å². The lowest BCUT2D eigenvalue weighted by Crippen LogP contribution is -2.41. The minimum Gasteiger partial charge on any atom is -0.496 e. The van der Waals surface area contributed by atoms with Gasteiger partial charge in [-0.1, -0.05) is 31.0 Å². The van der Waals surface area contributed by atoms with E-state index in [1.165, 1.54) is 0 Å². The Hall–Kier alpha value is -3.03. The first kappa shape index (κ1) is 26.6. The number of fused-ring (bicyclic) bond motifs is 1. The van der Waals surface area contributed by atoms with Crippen LogP contribution in [0.25, 0.3) is 21.2 Å². The van der Waals surface area contributed by atoms with E-state index in [4.69, 9.17) is 16.3 Å². The minimum atomic E-state index is -0.636. The lowest BCUT2D eigenvalue weighted by Gasteiger charge is -2.37. The van der Waals surface area contributed by atoms with Gasteiger partial charge >= 0.3 is 0 Å². The molecular weight excluding hydrogens is 526 g/mol. The van der Waals surface area contributed by atoms with Gasteiger partial charge in [0.2, 0.25) is 0 Å². The molecule has 1 fully saturated rings. The third-order valence-electron chi connectivity index (χ3n) is 7.61. The fourth-order valence-corrected chi connectivity index (χ4v) is 6.91. The second-order valence-electron chi connectivity index (χ2n) is 9.76. The quantitative estimate of drug-likeness (QED) is 0.230. The van der Waals surface area contributed by atoms with Crippen LogP contribution in [0.2, 0.25) is 5.02 Å². The Morgan fingerprint density at radius 3 is 2.42 bits per heavy atom. The molecular formula is C30H29ClF2N2O2S. The summed E-state index contributed by atoms with van der Waals surface area (Å²) in [5.74, 6) is -0.227. The zero-order valence-electron chi connectivity index (χ0n) is 21.3. The number of benzene rings is 2. The molecule has 0 bridgehead atoms. The molecule has 0 saturated heterocycles. The number of rotatable bonds is 7. The van der Waals surface area contributed by atoms with Gasteiger partial charge in [0.05, 0.1) is 22.2 Å². The minimum absolute atomic E-state index is 0.0180. The first-order valence-electron chi connectivity index (χ1n) is 12.9. The van der Waals surface area contributed by atoms with Crippen LogP contribution in [0.1, 0.15) is 54.3 Å². The lowest BCUT2D eigenvalue weighted by atomic mass is 9.83. The van der Waals surface area contributed by atoms with Crippen LogP contribution in [0, 0.1) is 17.6 Å². The van der Waals surface area contributed by atoms with Crippen molar-refractivity contribution < 1.29 is 18.3 Å². The molecule has 5 rings (SSSR count). The summed E-state index contributed by atoms with van der Waals surface area (Å²) in [5.41, 5.74) is 2.83. The van der Waals surface area contributed by atoms with Gasteiger partial charge in [-0.3, -0.25) is 9.78 Å². The molecule has 0 N–H and O–H groups in total. The molecule has 38 heavy (non-hydrogen) atoms. The van der Waals surface area contributed by atoms with E-state index in [1.807, 2.05) is 35.2 Å². The smallest absolute Gasteiger partial charge is 0.266 e. The first-order chi connectivity index (χ1) is 18.4. The van der Waals surface area contributed by atoms with Crippen molar-refractivity contribution in [1.82, 2.24) is 9.88 Å². The number of pyridine rings is 1. The fraction of sp³-hybridized carbons (Fsp3) is 0.333. The average molecular weight is 555 g/mol. The number of nitrogens with zero attached hydrogens (tertiary/aromatic N) is 2. The van der Waals surface area contributed by atoms with E-state index < -0.39 is 11.6 Å². The van der Waals surface area contributed by atoms with Crippen LogP contribution in [0.4, 0.5) is 8.78 Å². The monoisotopic (exact) mass is 554 g/mol. The lowest BCUT2D eigenvalue weighted by molar-refractivity contribution is 0.0591. The van der Waals surface area contributed by atoms with E-state index >= 15 is 0 Å². The van der Waals surface area contributed by atoms with Gasteiger partial charge in [-0.25, -0.2) is 8.78 Å². The van der Waals surface area contributed by atoms with Gasteiger partial charge in [-0.15, -0.1) is 11.3 Å². The summed E-state index contributed by atoms with van der Waals surface area (Å²) in [4.78, 5) is 20.2. The summed E-state index contributed by atoms with van der Waals surface area (Å²) in [6, 6.07) is 11.9. The molecule has 0 radical (unpaired) electrons. The molecule has 8 heteroatoms. The average Bonchev–Trinajstić information content (AvgIpc) is 3.32. The Labute approximate surface area is 230 Å². The Bertz CT molecular complexity index is 1450. The molecule has 4 nitrogen and oxygen atoms in total. The van der Waals surface area contributed by atoms with E-state index in [0.717, 1.165) is 72.3 Å². The Morgan fingerprint density at radius 1 is 1.05 bits per heavy atom. The number of thiophene rings is 1. The molecule has 0 aliphatic heterocycles. The molecule has 2 heterocycles. The van der Waals surface area contributed by atoms with Gasteiger partial charge in [-0.2, -0.15) is 0 Å². The van der Waals surface area contributed by atoms with Crippen molar-refractivity contribution in [3.63, 3.8) is 0 Å². The van der Waals surface area contributed by atoms with Crippen molar-refractivity contribution in [2.75, 3.05) is 7.11 Å². The maximum Gasteiger partial charge on any atom is 0.266 e. The summed E-state index contributed by atoms with van der Waals surface area (Å²) in [6.07, 6.45) is 8.38. The normalized spacial score (nSPS) is 17.5. The van der Waals surface area contributed by atoms with E-state index in [-0.39, 0.29) is 38.5 Å². The molecule has 1 saturated carbocycles. The third-order valence-corrected chi connectivity index (χ3v) is 9.28. The third kappa shape index (κ3) is 5.14. The van der Waals surface area contributed by atoms with Gasteiger partial charge in [0.1, 0.15) is 22.3 Å². The molecule has 0 atom stereocenters. The van der Waals surface area contributed by atoms with Gasteiger partial charge in [0.25, 0.3) is 5.91 Å². The number of hydrogen-bond donors (Lipinski definition) is 0. The number of aromatic nitrogens is 1. The predicted molar refractivity (Wildman–Crippen MR) is 149 cm³/mol. The largest absolute Gasteiger partial charge is 0.496 e. The SMILES string of the molecule is CCC1CCC(N(Cc2cc(-c3ccncc3)ccc2OC)C(=O)c2sc3c(F)ccc(F)c3c2Cl)CC1. The van der Waals surface area contributed by atoms with E-state index in [2.05, 4.69) is 11.9 Å². The summed E-state index contributed by atoms with van der Waals surface area (Å²) >= 11 is 7.46. The maximum atomic E-state index is 14.6. The van der Waals surface area contributed by atoms with Crippen molar-refractivity contribution in [3.8, 4) is 16.9 Å². The summed E-state index contributed by atoms with van der Waals surface area (Å²) in [7, 11) is 1.61. The molecule has 1 aliphatic carbocycles. The second kappa shape index (κ2) is 11.4. The van der Waals surface area contributed by atoms with Crippen LogP contribution in [-0.4, -0.2) is 28.9 Å². The molecule has 0 spiro atoms. The van der Waals surface area contributed by atoms with Crippen LogP contribution >= 0.6 is 22.9 Å². The zero-order chi connectivity index (χ0) is 26.8. The van der Waals surface area contributed by atoms with E-state index in [9.17, 15) is 13.6 Å². The highest BCUT2D eigenvalue weighted by Gasteiger charge is 2.33. The number of methoxy groups -OCH3 is 1. The first-order valence-corrected chi connectivity index (χ1v) is 14.0. The molecule has 1 amide bonds. The van der Waals surface area contributed by atoms with Crippen molar-refractivity contribution in [1.29, 1.82) is 0 Å². The fourth-order valence-electron chi connectivity index (χ4n) is 5.41. The van der Waals surface area contributed by atoms with Gasteiger partial charge < -0.3 is 9.64 Å². The standard InChI is InChI=1S/C30H29ClF2N2O2S/c1-3-18-4-7-22(8-5-18)35(30(36)29-27(31)26-23(32)9-10-24(33)28(26)38-29)17-21-16-20(6-11-25(21)37-2)19-12-14-34-15-13-19/h6,9-16,18,22H,3-5,7-8,17H2,1-2H3. The Balaban J connectivity index is 1.56. The number of hydrogen-bond acceptors (Lipinski definition) is 4. The molecule has 1 aliphatic rings. The number of ether oxygens (including phenoxy) is 1. The highest BCUT2D eigenvalue weighted by Crippen LogP contribution is 2.41. The molecule has 2 aromatic heterocycles. The summed E-state index contributed by atoms with van der Waals surface area (Å²) < 4.78 is 34.9. The van der Waals surface area contributed by atoms with Crippen LogP contribution in [0.3, 0.4) is 0 Å². The van der Waals surface area contributed by atoms with Gasteiger partial charge in [0, 0.05) is 30.5 Å². The molecule has 2 aromatic carbocycles. The number of halogens is 3. The number of carbonyl (C=O) groups excluding carboxylic acids is 1. The number of amides is 1. The highest BCUT2D eigenvalue weighted by atomic mass is 35.5. The van der Waals surface area contributed by atoms with Crippen molar-refractivity contribution in [2.45, 2.75) is 51.6 Å². The molecule has 4 aromatic rings. The summed E-state index contributed by atoms with van der Waals surface area (Å²) in [6.45, 7) is 2.49. The molecule has 198 valence electrons. The Morgan fingerprint density at radius 2 is 1.76 bits per heavy atom. The van der Waals surface area contributed by atoms with Crippen molar-refractivity contribution >= 4 is 38.9 Å². The van der Waals surface area contributed by atoms with Crippen LogP contribution < -0.4 is 4.74 Å². The predicted octanol–water partition coefficient (Wildman–Crippen LogP) is 8.51. The van der Waals surface area contributed by atoms with Crippen LogP contribution in [0.15, 0.2) is 54.9 Å².